The first kappa shape index (κ1) is 14.5. The van der Waals surface area contributed by atoms with Gasteiger partial charge in [0.1, 0.15) is 6.04 Å². The number of carboxylic acid groups (broad SMARTS) is 1. The first-order chi connectivity index (χ1) is 8.10. The van der Waals surface area contributed by atoms with Crippen LogP contribution in [0.5, 0.6) is 0 Å². The maximum Gasteiger partial charge on any atom is 0.323 e. The summed E-state index contributed by atoms with van der Waals surface area (Å²) in [7, 11) is 0. The lowest BCUT2D eigenvalue weighted by Gasteiger charge is -2.39. The average molecular weight is 243 g/mol. The zero-order valence-electron chi connectivity index (χ0n) is 11.2. The average Bonchev–Trinajstić information content (AvgIpc) is 2.35. The minimum atomic E-state index is -0.757. The molecule has 100 valence electrons. The minimum Gasteiger partial charge on any atom is -0.480 e. The fourth-order valence-corrected chi connectivity index (χ4v) is 2.43. The van der Waals surface area contributed by atoms with Gasteiger partial charge < -0.3 is 9.84 Å². The van der Waals surface area contributed by atoms with Crippen molar-refractivity contribution in [1.29, 1.82) is 0 Å². The van der Waals surface area contributed by atoms with E-state index in [9.17, 15) is 9.90 Å². The lowest BCUT2D eigenvalue weighted by Crippen LogP contribution is -2.54. The first-order valence-corrected chi connectivity index (χ1v) is 6.66. The van der Waals surface area contributed by atoms with Gasteiger partial charge in [0.15, 0.2) is 0 Å². The van der Waals surface area contributed by atoms with Gasteiger partial charge in [0.25, 0.3) is 0 Å². The molecule has 17 heavy (non-hydrogen) atoms. The predicted octanol–water partition coefficient (Wildman–Crippen LogP) is 1.99. The SMILES string of the molecule is CCC(C)CC(CC)N1CCOCC1C(=O)O. The van der Waals surface area contributed by atoms with Crippen molar-refractivity contribution in [2.24, 2.45) is 5.92 Å². The molecule has 1 N–H and O–H groups in total. The minimum absolute atomic E-state index is 0.326. The molecule has 1 heterocycles. The van der Waals surface area contributed by atoms with Crippen LogP contribution in [-0.4, -0.2) is 47.8 Å². The van der Waals surface area contributed by atoms with Gasteiger partial charge in [0.2, 0.25) is 0 Å². The zero-order valence-corrected chi connectivity index (χ0v) is 11.2. The number of hydrogen-bond donors (Lipinski definition) is 1. The van der Waals surface area contributed by atoms with Crippen LogP contribution in [0.3, 0.4) is 0 Å². The number of rotatable bonds is 6. The van der Waals surface area contributed by atoms with Crippen LogP contribution in [0.15, 0.2) is 0 Å². The maximum atomic E-state index is 11.2. The fraction of sp³-hybridized carbons (Fsp3) is 0.923. The van der Waals surface area contributed by atoms with E-state index in [4.69, 9.17) is 4.74 Å². The van der Waals surface area contributed by atoms with Crippen molar-refractivity contribution < 1.29 is 14.6 Å². The molecular formula is C13H25NO3. The standard InChI is InChI=1S/C13H25NO3/c1-4-10(3)8-11(5-2)14-6-7-17-9-12(14)13(15)16/h10-12H,4-9H2,1-3H3,(H,15,16). The van der Waals surface area contributed by atoms with Crippen molar-refractivity contribution in [3.63, 3.8) is 0 Å². The second-order valence-electron chi connectivity index (χ2n) is 4.98. The Balaban J connectivity index is 2.66. The highest BCUT2D eigenvalue weighted by atomic mass is 16.5. The molecule has 4 nitrogen and oxygen atoms in total. The Morgan fingerprint density at radius 1 is 1.47 bits per heavy atom. The third kappa shape index (κ3) is 3.96. The molecule has 4 heteroatoms. The van der Waals surface area contributed by atoms with Crippen LogP contribution in [0, 0.1) is 5.92 Å². The second-order valence-corrected chi connectivity index (χ2v) is 4.98. The van der Waals surface area contributed by atoms with Crippen LogP contribution in [0.25, 0.3) is 0 Å². The van der Waals surface area contributed by atoms with Crippen molar-refractivity contribution in [3.05, 3.63) is 0 Å². The predicted molar refractivity (Wildman–Crippen MR) is 67.1 cm³/mol. The lowest BCUT2D eigenvalue weighted by molar-refractivity contribution is -0.152. The van der Waals surface area contributed by atoms with Crippen LogP contribution in [-0.2, 0) is 9.53 Å². The van der Waals surface area contributed by atoms with Crippen LogP contribution < -0.4 is 0 Å². The highest BCUT2D eigenvalue weighted by Gasteiger charge is 2.33. The topological polar surface area (TPSA) is 49.8 Å². The normalized spacial score (nSPS) is 25.5. The highest BCUT2D eigenvalue weighted by Crippen LogP contribution is 2.21. The maximum absolute atomic E-state index is 11.2. The van der Waals surface area contributed by atoms with Gasteiger partial charge in [0.05, 0.1) is 13.2 Å². The van der Waals surface area contributed by atoms with Crippen molar-refractivity contribution in [3.8, 4) is 0 Å². The van der Waals surface area contributed by atoms with Crippen LogP contribution in [0.1, 0.15) is 40.0 Å². The molecule has 0 aromatic rings. The molecule has 0 aliphatic carbocycles. The molecular weight excluding hydrogens is 218 g/mol. The van der Waals surface area contributed by atoms with Gasteiger partial charge >= 0.3 is 5.97 Å². The van der Waals surface area contributed by atoms with E-state index in [1.807, 2.05) is 0 Å². The number of morpholine rings is 1. The van der Waals surface area contributed by atoms with Gasteiger partial charge in [0, 0.05) is 12.6 Å². The summed E-state index contributed by atoms with van der Waals surface area (Å²) >= 11 is 0. The summed E-state index contributed by atoms with van der Waals surface area (Å²) < 4.78 is 5.28. The van der Waals surface area contributed by atoms with E-state index < -0.39 is 12.0 Å². The fourth-order valence-electron chi connectivity index (χ4n) is 2.43. The summed E-state index contributed by atoms with van der Waals surface area (Å²) in [6, 6.07) is -0.0901. The summed E-state index contributed by atoms with van der Waals surface area (Å²) in [5.74, 6) is -0.107. The van der Waals surface area contributed by atoms with Gasteiger partial charge in [-0.2, -0.15) is 0 Å². The molecule has 3 unspecified atom stereocenters. The quantitative estimate of drug-likeness (QED) is 0.775. The highest BCUT2D eigenvalue weighted by molar-refractivity contribution is 5.73. The van der Waals surface area contributed by atoms with E-state index in [0.717, 1.165) is 25.8 Å². The number of nitrogens with zero attached hydrogens (tertiary/aromatic N) is 1. The molecule has 1 saturated heterocycles. The molecule has 1 fully saturated rings. The molecule has 0 radical (unpaired) electrons. The third-order valence-corrected chi connectivity index (χ3v) is 3.77. The Bertz CT molecular complexity index is 245. The number of hydrogen-bond acceptors (Lipinski definition) is 3. The van der Waals surface area contributed by atoms with E-state index in [0.29, 0.717) is 25.2 Å². The summed E-state index contributed by atoms with van der Waals surface area (Å²) in [6.07, 6.45) is 3.24. The molecule has 0 spiro atoms. The lowest BCUT2D eigenvalue weighted by atomic mass is 9.95. The number of ether oxygens (including phenoxy) is 1. The second kappa shape index (κ2) is 6.97. The van der Waals surface area contributed by atoms with Crippen molar-refractivity contribution in [2.45, 2.75) is 52.1 Å². The first-order valence-electron chi connectivity index (χ1n) is 6.66. The molecule has 1 aliphatic heterocycles. The largest absolute Gasteiger partial charge is 0.480 e. The van der Waals surface area contributed by atoms with Crippen LogP contribution in [0.2, 0.25) is 0 Å². The van der Waals surface area contributed by atoms with Crippen LogP contribution in [0.4, 0.5) is 0 Å². The summed E-state index contributed by atoms with van der Waals surface area (Å²) in [5.41, 5.74) is 0. The van der Waals surface area contributed by atoms with E-state index in [1.54, 1.807) is 0 Å². The Kier molecular flexibility index (Phi) is 5.92. The van der Waals surface area contributed by atoms with E-state index >= 15 is 0 Å². The summed E-state index contributed by atoms with van der Waals surface area (Å²) in [5, 5.41) is 9.22. The van der Waals surface area contributed by atoms with Gasteiger partial charge in [-0.3, -0.25) is 9.69 Å². The number of carbonyl (C=O) groups is 1. The van der Waals surface area contributed by atoms with Gasteiger partial charge in [-0.1, -0.05) is 27.2 Å². The smallest absolute Gasteiger partial charge is 0.323 e. The molecule has 0 saturated carbocycles. The molecule has 1 aliphatic rings. The Morgan fingerprint density at radius 3 is 2.71 bits per heavy atom. The van der Waals surface area contributed by atoms with Crippen LogP contribution >= 0.6 is 0 Å². The molecule has 1 rings (SSSR count). The molecule has 0 aromatic heterocycles. The van der Waals surface area contributed by atoms with E-state index in [-0.39, 0.29) is 0 Å². The Morgan fingerprint density at radius 2 is 2.18 bits per heavy atom. The Labute approximate surface area is 104 Å². The van der Waals surface area contributed by atoms with Crippen molar-refractivity contribution >= 4 is 5.97 Å². The molecule has 0 amide bonds. The number of carboxylic acids is 1. The Hall–Kier alpha value is -0.610. The van der Waals surface area contributed by atoms with Gasteiger partial charge in [-0.05, 0) is 18.8 Å². The van der Waals surface area contributed by atoms with Gasteiger partial charge in [-0.25, -0.2) is 0 Å². The number of aliphatic carboxylic acids is 1. The summed E-state index contributed by atoms with van der Waals surface area (Å²) in [6.45, 7) is 8.28. The van der Waals surface area contributed by atoms with Crippen molar-refractivity contribution in [1.82, 2.24) is 4.90 Å². The molecule has 3 atom stereocenters. The monoisotopic (exact) mass is 243 g/mol. The van der Waals surface area contributed by atoms with Gasteiger partial charge in [-0.15, -0.1) is 0 Å². The third-order valence-electron chi connectivity index (χ3n) is 3.77. The molecule has 0 bridgehead atoms. The zero-order chi connectivity index (χ0) is 12.8. The summed E-state index contributed by atoms with van der Waals surface area (Å²) in [4.78, 5) is 13.3. The van der Waals surface area contributed by atoms with E-state index in [1.165, 1.54) is 0 Å². The van der Waals surface area contributed by atoms with Crippen molar-refractivity contribution in [2.75, 3.05) is 19.8 Å². The molecule has 0 aromatic carbocycles. The van der Waals surface area contributed by atoms with E-state index in [2.05, 4.69) is 25.7 Å².